The Morgan fingerprint density at radius 3 is 2.36 bits per heavy atom. The molecule has 0 amide bonds. The van der Waals surface area contributed by atoms with E-state index in [9.17, 15) is 0 Å². The van der Waals surface area contributed by atoms with Crippen molar-refractivity contribution in [1.82, 2.24) is 15.0 Å². The summed E-state index contributed by atoms with van der Waals surface area (Å²) in [4.78, 5) is 13.2. The molecule has 2 N–H and O–H groups in total. The number of rotatable bonds is 5. The van der Waals surface area contributed by atoms with Crippen LogP contribution in [0.5, 0.6) is 0 Å². The quantitative estimate of drug-likeness (QED) is 0.648. The van der Waals surface area contributed by atoms with Gasteiger partial charge in [-0.3, -0.25) is 4.98 Å². The molecular weight excluding hydrogens is 357 g/mol. The molecule has 2 heterocycles. The molecule has 7 heteroatoms. The van der Waals surface area contributed by atoms with E-state index in [4.69, 9.17) is 23.2 Å². The fraction of sp³-hybridized carbons (Fsp3) is 0.167. The summed E-state index contributed by atoms with van der Waals surface area (Å²) in [6.45, 7) is 0. The molecule has 5 nitrogen and oxygen atoms in total. The number of benzene rings is 1. The van der Waals surface area contributed by atoms with E-state index in [-0.39, 0.29) is 0 Å². The first-order chi connectivity index (χ1) is 12.2. The van der Waals surface area contributed by atoms with Crippen LogP contribution in [0.15, 0.2) is 48.8 Å². The highest BCUT2D eigenvalue weighted by Crippen LogP contribution is 2.33. The van der Waals surface area contributed by atoms with Crippen molar-refractivity contribution in [3.05, 3.63) is 58.8 Å². The van der Waals surface area contributed by atoms with Gasteiger partial charge in [0.1, 0.15) is 5.82 Å². The van der Waals surface area contributed by atoms with Crippen molar-refractivity contribution < 1.29 is 0 Å². The number of nitrogens with one attached hydrogen (secondary N) is 2. The summed E-state index contributed by atoms with van der Waals surface area (Å²) < 4.78 is 0. The summed E-state index contributed by atoms with van der Waals surface area (Å²) in [5.74, 6) is 1.21. The molecule has 1 aliphatic rings. The van der Waals surface area contributed by atoms with Crippen LogP contribution in [0.25, 0.3) is 11.3 Å². The van der Waals surface area contributed by atoms with Gasteiger partial charge in [-0.1, -0.05) is 29.3 Å². The predicted octanol–water partition coefficient (Wildman–Crippen LogP) is 5.16. The summed E-state index contributed by atoms with van der Waals surface area (Å²) >= 11 is 12.5. The zero-order chi connectivity index (χ0) is 17.2. The number of hydrogen-bond acceptors (Lipinski definition) is 5. The molecular formula is C18H15Cl2N5. The van der Waals surface area contributed by atoms with E-state index in [0.29, 0.717) is 33.5 Å². The zero-order valence-corrected chi connectivity index (χ0v) is 14.7. The van der Waals surface area contributed by atoms with Crippen molar-refractivity contribution in [3.63, 3.8) is 0 Å². The third-order valence-corrected chi connectivity index (χ3v) is 4.46. The lowest BCUT2D eigenvalue weighted by Crippen LogP contribution is -2.08. The fourth-order valence-corrected chi connectivity index (χ4v) is 2.89. The molecule has 0 radical (unpaired) electrons. The van der Waals surface area contributed by atoms with E-state index in [1.807, 2.05) is 18.2 Å². The Hall–Kier alpha value is -2.37. The van der Waals surface area contributed by atoms with Crippen LogP contribution in [-0.2, 0) is 0 Å². The molecule has 0 unspecified atom stereocenters. The summed E-state index contributed by atoms with van der Waals surface area (Å²) in [6, 6.07) is 11.5. The lowest BCUT2D eigenvalue weighted by atomic mass is 10.2. The van der Waals surface area contributed by atoms with Crippen molar-refractivity contribution in [2.24, 2.45) is 0 Å². The van der Waals surface area contributed by atoms with Gasteiger partial charge in [0.2, 0.25) is 5.95 Å². The number of nitrogens with zero attached hydrogens (tertiary/aromatic N) is 3. The molecule has 2 aromatic heterocycles. The number of aromatic nitrogens is 3. The van der Waals surface area contributed by atoms with Crippen LogP contribution < -0.4 is 10.6 Å². The van der Waals surface area contributed by atoms with E-state index >= 15 is 0 Å². The third-order valence-electron chi connectivity index (χ3n) is 3.83. The van der Waals surface area contributed by atoms with Gasteiger partial charge in [-0.05, 0) is 37.1 Å². The van der Waals surface area contributed by atoms with Crippen LogP contribution in [0.2, 0.25) is 10.0 Å². The van der Waals surface area contributed by atoms with Gasteiger partial charge in [-0.2, -0.15) is 4.98 Å². The SMILES string of the molecule is Clc1cccc(Cl)c1Nc1cc(-c2ccncc2)nc(NC2CC2)n1. The molecule has 0 saturated heterocycles. The maximum atomic E-state index is 6.26. The van der Waals surface area contributed by atoms with Crippen LogP contribution in [0.1, 0.15) is 12.8 Å². The van der Waals surface area contributed by atoms with E-state index in [0.717, 1.165) is 24.1 Å². The van der Waals surface area contributed by atoms with Crippen LogP contribution in [0.3, 0.4) is 0 Å². The molecule has 126 valence electrons. The van der Waals surface area contributed by atoms with Crippen molar-refractivity contribution >= 4 is 40.7 Å². The summed E-state index contributed by atoms with van der Waals surface area (Å²) in [7, 11) is 0. The molecule has 0 bridgehead atoms. The first-order valence-corrected chi connectivity index (χ1v) is 8.72. The van der Waals surface area contributed by atoms with E-state index in [1.165, 1.54) is 0 Å². The van der Waals surface area contributed by atoms with Crippen molar-refractivity contribution in [3.8, 4) is 11.3 Å². The van der Waals surface area contributed by atoms with E-state index < -0.39 is 0 Å². The smallest absolute Gasteiger partial charge is 0.225 e. The van der Waals surface area contributed by atoms with Crippen LogP contribution in [0, 0.1) is 0 Å². The summed E-state index contributed by atoms with van der Waals surface area (Å²) in [5.41, 5.74) is 2.39. The van der Waals surface area contributed by atoms with Gasteiger partial charge in [-0.25, -0.2) is 4.98 Å². The summed E-state index contributed by atoms with van der Waals surface area (Å²) in [5, 5.41) is 7.62. The molecule has 0 atom stereocenters. The van der Waals surface area contributed by atoms with Gasteiger partial charge >= 0.3 is 0 Å². The lowest BCUT2D eigenvalue weighted by Gasteiger charge is -2.13. The molecule has 1 fully saturated rings. The Kier molecular flexibility index (Phi) is 4.42. The Bertz CT molecular complexity index is 877. The molecule has 25 heavy (non-hydrogen) atoms. The average molecular weight is 372 g/mol. The molecule has 3 aromatic rings. The topological polar surface area (TPSA) is 62.7 Å². The molecule has 0 spiro atoms. The monoisotopic (exact) mass is 371 g/mol. The molecule has 4 rings (SSSR count). The normalized spacial score (nSPS) is 13.5. The fourth-order valence-electron chi connectivity index (χ4n) is 2.40. The number of anilines is 3. The predicted molar refractivity (Wildman–Crippen MR) is 102 cm³/mol. The van der Waals surface area contributed by atoms with Crippen LogP contribution in [-0.4, -0.2) is 21.0 Å². The van der Waals surface area contributed by atoms with Crippen LogP contribution >= 0.6 is 23.2 Å². The maximum absolute atomic E-state index is 6.26. The Morgan fingerprint density at radius 1 is 0.960 bits per heavy atom. The second-order valence-corrected chi connectivity index (χ2v) is 6.65. The Labute approximate surface area is 155 Å². The Morgan fingerprint density at radius 2 is 1.68 bits per heavy atom. The largest absolute Gasteiger partial charge is 0.351 e. The minimum atomic E-state index is 0.449. The van der Waals surface area contributed by atoms with E-state index in [1.54, 1.807) is 30.6 Å². The molecule has 0 aliphatic heterocycles. The number of pyridine rings is 1. The standard InChI is InChI=1S/C18H15Cl2N5/c19-13-2-1-3-14(20)17(13)24-16-10-15(11-6-8-21-9-7-11)23-18(25-16)22-12-4-5-12/h1-3,6-10,12H,4-5H2,(H2,22,23,24,25). The van der Waals surface area contributed by atoms with Crippen molar-refractivity contribution in [2.45, 2.75) is 18.9 Å². The van der Waals surface area contributed by atoms with Crippen molar-refractivity contribution in [1.29, 1.82) is 0 Å². The molecule has 1 aromatic carbocycles. The first-order valence-electron chi connectivity index (χ1n) is 7.96. The van der Waals surface area contributed by atoms with Gasteiger partial charge in [0.15, 0.2) is 0 Å². The van der Waals surface area contributed by atoms with Gasteiger partial charge in [0.05, 0.1) is 21.4 Å². The van der Waals surface area contributed by atoms with Gasteiger partial charge in [0.25, 0.3) is 0 Å². The molecule has 1 saturated carbocycles. The highest BCUT2D eigenvalue weighted by Gasteiger charge is 2.22. The minimum Gasteiger partial charge on any atom is -0.351 e. The van der Waals surface area contributed by atoms with Gasteiger partial charge in [0, 0.05) is 30.1 Å². The molecule has 1 aliphatic carbocycles. The van der Waals surface area contributed by atoms with E-state index in [2.05, 4.69) is 25.6 Å². The number of hydrogen-bond donors (Lipinski definition) is 2. The Balaban J connectivity index is 1.73. The number of para-hydroxylation sites is 1. The lowest BCUT2D eigenvalue weighted by molar-refractivity contribution is 1.06. The summed E-state index contributed by atoms with van der Waals surface area (Å²) in [6.07, 6.45) is 5.76. The highest BCUT2D eigenvalue weighted by molar-refractivity contribution is 6.39. The minimum absolute atomic E-state index is 0.449. The first kappa shape index (κ1) is 16.1. The third kappa shape index (κ3) is 3.83. The van der Waals surface area contributed by atoms with Gasteiger partial charge < -0.3 is 10.6 Å². The second kappa shape index (κ2) is 6.86. The maximum Gasteiger partial charge on any atom is 0.225 e. The second-order valence-electron chi connectivity index (χ2n) is 5.84. The zero-order valence-electron chi connectivity index (χ0n) is 13.2. The van der Waals surface area contributed by atoms with Crippen molar-refractivity contribution in [2.75, 3.05) is 10.6 Å². The average Bonchev–Trinajstić information content (AvgIpc) is 3.43. The highest BCUT2D eigenvalue weighted by atomic mass is 35.5. The van der Waals surface area contributed by atoms with Gasteiger partial charge in [-0.15, -0.1) is 0 Å². The van der Waals surface area contributed by atoms with Crippen LogP contribution in [0.4, 0.5) is 17.5 Å². The number of halogens is 2.